The summed E-state index contributed by atoms with van der Waals surface area (Å²) in [6.45, 7) is 8.16. The van der Waals surface area contributed by atoms with E-state index < -0.39 is 0 Å². The predicted molar refractivity (Wildman–Crippen MR) is 82.1 cm³/mol. The van der Waals surface area contributed by atoms with Crippen molar-refractivity contribution in [3.8, 4) is 0 Å². The molecule has 5 heteroatoms. The fraction of sp³-hybridized carbons (Fsp3) is 0.875. The molecule has 120 valence electrons. The van der Waals surface area contributed by atoms with Crippen LogP contribution in [0.15, 0.2) is 4.52 Å². The fourth-order valence-corrected chi connectivity index (χ4v) is 3.03. The summed E-state index contributed by atoms with van der Waals surface area (Å²) >= 11 is 0. The molecule has 0 saturated heterocycles. The van der Waals surface area contributed by atoms with Crippen molar-refractivity contribution in [2.24, 2.45) is 0 Å². The van der Waals surface area contributed by atoms with Gasteiger partial charge < -0.3 is 14.6 Å². The lowest BCUT2D eigenvalue weighted by Crippen LogP contribution is -2.28. The minimum Gasteiger partial charge on any atom is -0.367 e. The van der Waals surface area contributed by atoms with Gasteiger partial charge in [0.1, 0.15) is 5.60 Å². The van der Waals surface area contributed by atoms with E-state index in [1.54, 1.807) is 0 Å². The molecule has 0 aliphatic heterocycles. The number of nitrogens with one attached hydrogen (secondary N) is 1. The minimum atomic E-state index is -0.289. The molecule has 1 heterocycles. The predicted octanol–water partition coefficient (Wildman–Crippen LogP) is 3.20. The molecule has 21 heavy (non-hydrogen) atoms. The van der Waals surface area contributed by atoms with Crippen molar-refractivity contribution in [2.75, 3.05) is 13.2 Å². The first-order chi connectivity index (χ1) is 10.2. The van der Waals surface area contributed by atoms with E-state index in [2.05, 4.69) is 29.3 Å². The Labute approximate surface area is 127 Å². The second-order valence-corrected chi connectivity index (χ2v) is 6.04. The van der Waals surface area contributed by atoms with Crippen LogP contribution in [0.5, 0.6) is 0 Å². The highest BCUT2D eigenvalue weighted by Gasteiger charge is 2.40. The van der Waals surface area contributed by atoms with E-state index in [0.717, 1.165) is 50.4 Å². The molecule has 1 unspecified atom stereocenters. The van der Waals surface area contributed by atoms with E-state index in [9.17, 15) is 0 Å². The van der Waals surface area contributed by atoms with Gasteiger partial charge in [-0.1, -0.05) is 12.1 Å². The Morgan fingerprint density at radius 2 is 2.10 bits per heavy atom. The van der Waals surface area contributed by atoms with Crippen molar-refractivity contribution in [1.82, 2.24) is 15.5 Å². The van der Waals surface area contributed by atoms with Crippen LogP contribution in [0.25, 0.3) is 0 Å². The monoisotopic (exact) mass is 295 g/mol. The second-order valence-electron chi connectivity index (χ2n) is 6.04. The van der Waals surface area contributed by atoms with Gasteiger partial charge in [0.2, 0.25) is 11.7 Å². The molecule has 1 aromatic rings. The Balaban J connectivity index is 1.91. The number of nitrogens with zero attached hydrogens (tertiary/aromatic N) is 2. The van der Waals surface area contributed by atoms with Gasteiger partial charge in [-0.15, -0.1) is 0 Å². The van der Waals surface area contributed by atoms with Crippen LogP contribution in [0.1, 0.15) is 71.0 Å². The Morgan fingerprint density at radius 3 is 2.76 bits per heavy atom. The number of hydrogen-bond acceptors (Lipinski definition) is 5. The third kappa shape index (κ3) is 4.27. The molecule has 0 amide bonds. The summed E-state index contributed by atoms with van der Waals surface area (Å²) in [5, 5.41) is 7.68. The number of hydrogen-bond donors (Lipinski definition) is 1. The van der Waals surface area contributed by atoms with E-state index in [0.29, 0.717) is 12.6 Å². The Bertz CT molecular complexity index is 413. The van der Waals surface area contributed by atoms with Crippen molar-refractivity contribution in [2.45, 2.75) is 77.4 Å². The third-order valence-electron chi connectivity index (χ3n) is 4.24. The second kappa shape index (κ2) is 7.90. The summed E-state index contributed by atoms with van der Waals surface area (Å²) in [6.07, 6.45) is 7.38. The zero-order chi connectivity index (χ0) is 15.1. The quantitative estimate of drug-likeness (QED) is 0.758. The van der Waals surface area contributed by atoms with Gasteiger partial charge in [0.15, 0.2) is 0 Å². The molecular weight excluding hydrogens is 266 g/mol. The van der Waals surface area contributed by atoms with Crippen LogP contribution in [-0.4, -0.2) is 29.3 Å². The van der Waals surface area contributed by atoms with Crippen LogP contribution in [0.4, 0.5) is 0 Å². The van der Waals surface area contributed by atoms with Crippen LogP contribution in [0.3, 0.4) is 0 Å². The Hall–Kier alpha value is -0.940. The zero-order valence-corrected chi connectivity index (χ0v) is 13.7. The van der Waals surface area contributed by atoms with Crippen molar-refractivity contribution < 1.29 is 9.26 Å². The SMILES string of the molecule is CCCNC(C)CCc1nc(C2(OCC)CCCC2)no1. The Morgan fingerprint density at radius 1 is 1.33 bits per heavy atom. The highest BCUT2D eigenvalue weighted by atomic mass is 16.5. The molecule has 0 spiro atoms. The van der Waals surface area contributed by atoms with Crippen molar-refractivity contribution >= 4 is 0 Å². The summed E-state index contributed by atoms with van der Waals surface area (Å²) in [7, 11) is 0. The van der Waals surface area contributed by atoms with Crippen LogP contribution in [-0.2, 0) is 16.8 Å². The number of rotatable bonds is 9. The van der Waals surface area contributed by atoms with Crippen LogP contribution in [0, 0.1) is 0 Å². The highest BCUT2D eigenvalue weighted by molar-refractivity contribution is 5.04. The lowest BCUT2D eigenvalue weighted by atomic mass is 10.0. The molecule has 1 fully saturated rings. The van der Waals surface area contributed by atoms with Crippen molar-refractivity contribution in [3.05, 3.63) is 11.7 Å². The summed E-state index contributed by atoms with van der Waals surface area (Å²) in [5.74, 6) is 1.49. The third-order valence-corrected chi connectivity index (χ3v) is 4.24. The molecule has 1 aliphatic carbocycles. The molecule has 1 N–H and O–H groups in total. The smallest absolute Gasteiger partial charge is 0.226 e. The van der Waals surface area contributed by atoms with Gasteiger partial charge in [-0.25, -0.2) is 0 Å². The van der Waals surface area contributed by atoms with Crippen LogP contribution < -0.4 is 5.32 Å². The van der Waals surface area contributed by atoms with E-state index in [1.807, 2.05) is 6.92 Å². The first-order valence-corrected chi connectivity index (χ1v) is 8.40. The highest BCUT2D eigenvalue weighted by Crippen LogP contribution is 2.40. The van der Waals surface area contributed by atoms with Gasteiger partial charge in [-0.2, -0.15) is 4.98 Å². The number of ether oxygens (including phenoxy) is 1. The molecule has 1 aromatic heterocycles. The average molecular weight is 295 g/mol. The topological polar surface area (TPSA) is 60.2 Å². The first kappa shape index (κ1) is 16.4. The van der Waals surface area contributed by atoms with Gasteiger partial charge in [-0.3, -0.25) is 0 Å². The van der Waals surface area contributed by atoms with Gasteiger partial charge in [-0.05, 0) is 58.9 Å². The van der Waals surface area contributed by atoms with E-state index in [1.165, 1.54) is 12.8 Å². The van der Waals surface area contributed by atoms with Gasteiger partial charge in [0.25, 0.3) is 0 Å². The van der Waals surface area contributed by atoms with E-state index in [-0.39, 0.29) is 5.60 Å². The summed E-state index contributed by atoms with van der Waals surface area (Å²) in [6, 6.07) is 0.479. The molecule has 0 bridgehead atoms. The molecule has 1 atom stereocenters. The van der Waals surface area contributed by atoms with Gasteiger partial charge >= 0.3 is 0 Å². The maximum Gasteiger partial charge on any atom is 0.226 e. The maximum atomic E-state index is 5.97. The zero-order valence-electron chi connectivity index (χ0n) is 13.7. The van der Waals surface area contributed by atoms with Gasteiger partial charge in [0, 0.05) is 19.1 Å². The van der Waals surface area contributed by atoms with Crippen molar-refractivity contribution in [1.29, 1.82) is 0 Å². The maximum absolute atomic E-state index is 5.97. The molecule has 1 aliphatic rings. The van der Waals surface area contributed by atoms with Crippen LogP contribution in [0.2, 0.25) is 0 Å². The van der Waals surface area contributed by atoms with Crippen molar-refractivity contribution in [3.63, 3.8) is 0 Å². The first-order valence-electron chi connectivity index (χ1n) is 8.40. The molecule has 0 aromatic carbocycles. The molecule has 1 saturated carbocycles. The summed E-state index contributed by atoms with van der Waals surface area (Å²) in [5.41, 5.74) is -0.289. The standard InChI is InChI=1S/C16H29N3O2/c1-4-12-17-13(3)8-9-14-18-15(19-21-14)16(20-5-2)10-6-7-11-16/h13,17H,4-12H2,1-3H3. The molecule has 5 nitrogen and oxygen atoms in total. The van der Waals surface area contributed by atoms with E-state index in [4.69, 9.17) is 9.26 Å². The molecule has 0 radical (unpaired) electrons. The average Bonchev–Trinajstić information content (AvgIpc) is 3.13. The normalized spacial score (nSPS) is 19.0. The number of aromatic nitrogens is 2. The largest absolute Gasteiger partial charge is 0.367 e. The Kier molecular flexibility index (Phi) is 6.18. The fourth-order valence-electron chi connectivity index (χ4n) is 3.03. The number of aryl methyl sites for hydroxylation is 1. The van der Waals surface area contributed by atoms with E-state index >= 15 is 0 Å². The summed E-state index contributed by atoms with van der Waals surface area (Å²) in [4.78, 5) is 4.60. The van der Waals surface area contributed by atoms with Gasteiger partial charge in [0.05, 0.1) is 0 Å². The lowest BCUT2D eigenvalue weighted by molar-refractivity contribution is -0.0469. The molecule has 2 rings (SSSR count). The minimum absolute atomic E-state index is 0.289. The summed E-state index contributed by atoms with van der Waals surface area (Å²) < 4.78 is 11.4. The lowest BCUT2D eigenvalue weighted by Gasteiger charge is -2.24. The molecular formula is C16H29N3O2. The van der Waals surface area contributed by atoms with Crippen LogP contribution >= 0.6 is 0 Å².